The number of nitrogens with one attached hydrogen (secondary N) is 2. The maximum Gasteiger partial charge on any atom is 0.256 e. The van der Waals surface area contributed by atoms with Crippen molar-refractivity contribution in [3.63, 3.8) is 0 Å². The largest absolute Gasteiger partial charge is 0.504 e. The summed E-state index contributed by atoms with van der Waals surface area (Å²) in [5.74, 6) is 0.427. The molecule has 0 radical (unpaired) electrons. The summed E-state index contributed by atoms with van der Waals surface area (Å²) in [5.41, 5.74) is 2.77. The van der Waals surface area contributed by atoms with Gasteiger partial charge in [-0.2, -0.15) is 0 Å². The van der Waals surface area contributed by atoms with Gasteiger partial charge < -0.3 is 20.5 Å². The van der Waals surface area contributed by atoms with E-state index in [0.29, 0.717) is 11.8 Å². The van der Waals surface area contributed by atoms with Gasteiger partial charge >= 0.3 is 0 Å². The fourth-order valence-corrected chi connectivity index (χ4v) is 4.93. The highest BCUT2D eigenvalue weighted by Crippen LogP contribution is 2.41. The first-order chi connectivity index (χ1) is 12.5. The van der Waals surface area contributed by atoms with Gasteiger partial charge in [-0.05, 0) is 43.5 Å². The number of hydrogen-bond donors (Lipinski definition) is 3. The smallest absolute Gasteiger partial charge is 0.256 e. The predicted octanol–water partition coefficient (Wildman–Crippen LogP) is 3.08. The molecule has 0 bridgehead atoms. The number of rotatable bonds is 3. The lowest BCUT2D eigenvalue weighted by Crippen LogP contribution is -2.39. The minimum absolute atomic E-state index is 0.0467. The van der Waals surface area contributed by atoms with Crippen molar-refractivity contribution in [3.8, 4) is 11.5 Å². The molecule has 2 aliphatic heterocycles. The van der Waals surface area contributed by atoms with Gasteiger partial charge in [0.2, 0.25) is 0 Å². The maximum atomic E-state index is 12.8. The Balaban J connectivity index is 1.63. The molecule has 26 heavy (non-hydrogen) atoms. The highest BCUT2D eigenvalue weighted by Gasteiger charge is 2.33. The van der Waals surface area contributed by atoms with Gasteiger partial charge in [-0.15, -0.1) is 11.3 Å². The van der Waals surface area contributed by atoms with Crippen LogP contribution in [0.2, 0.25) is 0 Å². The number of thiophene rings is 1. The molecule has 1 atom stereocenters. The van der Waals surface area contributed by atoms with E-state index >= 15 is 0 Å². The first-order valence-electron chi connectivity index (χ1n) is 8.80. The Morgan fingerprint density at radius 1 is 1.35 bits per heavy atom. The minimum atomic E-state index is -0.367. The quantitative estimate of drug-likeness (QED) is 0.771. The van der Waals surface area contributed by atoms with Crippen LogP contribution < -0.4 is 15.4 Å². The molecule has 2 aliphatic rings. The molecule has 1 unspecified atom stereocenters. The molecule has 3 heterocycles. The van der Waals surface area contributed by atoms with E-state index < -0.39 is 0 Å². The standard InChI is InChI=1S/C19H23N3O3S/c1-10(2)22-7-6-12-15(9-22)26-19-16(12)18(24)20-17(21-19)11-4-5-14(25-3)13(23)8-11/h4-5,8,10,17,21,23H,6-7,9H2,1-3H3,(H,20,24). The summed E-state index contributed by atoms with van der Waals surface area (Å²) >= 11 is 1.67. The molecule has 0 saturated carbocycles. The summed E-state index contributed by atoms with van der Waals surface area (Å²) in [6.45, 7) is 6.29. The molecule has 0 fully saturated rings. The topological polar surface area (TPSA) is 73.8 Å². The number of nitrogens with zero attached hydrogens (tertiary/aromatic N) is 1. The van der Waals surface area contributed by atoms with Crippen LogP contribution in [-0.4, -0.2) is 35.6 Å². The van der Waals surface area contributed by atoms with Crippen LogP contribution in [0.1, 0.15) is 46.4 Å². The Hall–Kier alpha value is -2.25. The third kappa shape index (κ3) is 2.81. The number of phenolic OH excluding ortho intramolecular Hbond substituents is 1. The molecule has 6 nitrogen and oxygen atoms in total. The molecule has 3 N–H and O–H groups in total. The van der Waals surface area contributed by atoms with Crippen molar-refractivity contribution in [2.24, 2.45) is 0 Å². The molecule has 4 rings (SSSR count). The highest BCUT2D eigenvalue weighted by molar-refractivity contribution is 7.16. The molecular weight excluding hydrogens is 350 g/mol. The third-order valence-electron chi connectivity index (χ3n) is 5.13. The molecular formula is C19H23N3O3S. The van der Waals surface area contributed by atoms with Gasteiger partial charge in [-0.1, -0.05) is 6.07 Å². The normalized spacial score (nSPS) is 19.5. The van der Waals surface area contributed by atoms with E-state index in [9.17, 15) is 9.90 Å². The van der Waals surface area contributed by atoms with Crippen LogP contribution in [-0.2, 0) is 13.0 Å². The monoisotopic (exact) mass is 373 g/mol. The molecule has 1 amide bonds. The number of phenols is 1. The van der Waals surface area contributed by atoms with Crippen molar-refractivity contribution in [1.82, 2.24) is 10.2 Å². The van der Waals surface area contributed by atoms with E-state index in [4.69, 9.17) is 4.74 Å². The zero-order valence-electron chi connectivity index (χ0n) is 15.1. The molecule has 0 saturated heterocycles. The van der Waals surface area contributed by atoms with Crippen LogP contribution in [0.5, 0.6) is 11.5 Å². The number of fused-ring (bicyclic) bond motifs is 3. The number of benzene rings is 1. The lowest BCUT2D eigenvalue weighted by molar-refractivity contribution is 0.0934. The summed E-state index contributed by atoms with van der Waals surface area (Å²) in [6.07, 6.45) is 0.538. The van der Waals surface area contributed by atoms with E-state index in [1.54, 1.807) is 23.5 Å². The van der Waals surface area contributed by atoms with Crippen LogP contribution in [0, 0.1) is 0 Å². The Kier molecular flexibility index (Phi) is 4.28. The molecule has 1 aromatic heterocycles. The maximum absolute atomic E-state index is 12.8. The average Bonchev–Trinajstić information content (AvgIpc) is 2.99. The Labute approximate surface area is 156 Å². The van der Waals surface area contributed by atoms with E-state index in [0.717, 1.165) is 35.6 Å². The van der Waals surface area contributed by atoms with Crippen LogP contribution in [0.25, 0.3) is 0 Å². The first kappa shape index (κ1) is 17.2. The molecule has 0 aliphatic carbocycles. The van der Waals surface area contributed by atoms with Gasteiger partial charge in [-0.3, -0.25) is 9.69 Å². The lowest BCUT2D eigenvalue weighted by Gasteiger charge is -2.31. The molecule has 1 aromatic carbocycles. The number of anilines is 1. The molecule has 138 valence electrons. The summed E-state index contributed by atoms with van der Waals surface area (Å²) in [5, 5.41) is 17.4. The predicted molar refractivity (Wildman–Crippen MR) is 102 cm³/mol. The van der Waals surface area contributed by atoms with Crippen molar-refractivity contribution in [3.05, 3.63) is 39.8 Å². The Morgan fingerprint density at radius 2 is 2.15 bits per heavy atom. The van der Waals surface area contributed by atoms with Gasteiger partial charge in [0.15, 0.2) is 11.5 Å². The number of carbonyl (C=O) groups excluding carboxylic acids is 1. The van der Waals surface area contributed by atoms with E-state index in [1.165, 1.54) is 17.6 Å². The van der Waals surface area contributed by atoms with E-state index in [1.807, 2.05) is 6.07 Å². The third-order valence-corrected chi connectivity index (χ3v) is 6.28. The SMILES string of the molecule is COc1ccc(C2NC(=O)c3c(sc4c3CCN(C(C)C)C4)N2)cc1O. The van der Waals surface area contributed by atoms with Crippen molar-refractivity contribution >= 4 is 22.2 Å². The summed E-state index contributed by atoms with van der Waals surface area (Å²) in [6, 6.07) is 5.67. The number of ether oxygens (including phenoxy) is 1. The van der Waals surface area contributed by atoms with Crippen LogP contribution in [0.3, 0.4) is 0 Å². The number of aromatic hydroxyl groups is 1. The summed E-state index contributed by atoms with van der Waals surface area (Å²) < 4.78 is 5.09. The van der Waals surface area contributed by atoms with Gasteiger partial charge in [0.1, 0.15) is 11.2 Å². The fraction of sp³-hybridized carbons (Fsp3) is 0.421. The van der Waals surface area contributed by atoms with Crippen molar-refractivity contribution in [1.29, 1.82) is 0 Å². The highest BCUT2D eigenvalue weighted by atomic mass is 32.1. The number of carbonyl (C=O) groups is 1. The first-order valence-corrected chi connectivity index (χ1v) is 9.62. The fourth-order valence-electron chi connectivity index (χ4n) is 3.63. The van der Waals surface area contributed by atoms with E-state index in [-0.39, 0.29) is 17.8 Å². The average molecular weight is 373 g/mol. The second kappa shape index (κ2) is 6.48. The second-order valence-electron chi connectivity index (χ2n) is 7.00. The minimum Gasteiger partial charge on any atom is -0.504 e. The van der Waals surface area contributed by atoms with Crippen molar-refractivity contribution in [2.45, 2.75) is 39.0 Å². The second-order valence-corrected chi connectivity index (χ2v) is 8.11. The number of amides is 1. The van der Waals surface area contributed by atoms with Crippen molar-refractivity contribution < 1.29 is 14.6 Å². The van der Waals surface area contributed by atoms with Gasteiger partial charge in [0.25, 0.3) is 5.91 Å². The lowest BCUT2D eigenvalue weighted by atomic mass is 9.99. The van der Waals surface area contributed by atoms with E-state index in [2.05, 4.69) is 29.4 Å². The van der Waals surface area contributed by atoms with Crippen LogP contribution in [0.4, 0.5) is 5.00 Å². The van der Waals surface area contributed by atoms with Crippen LogP contribution in [0.15, 0.2) is 18.2 Å². The van der Waals surface area contributed by atoms with Gasteiger partial charge in [0, 0.05) is 24.0 Å². The molecule has 0 spiro atoms. The number of hydrogen-bond acceptors (Lipinski definition) is 6. The van der Waals surface area contributed by atoms with Crippen molar-refractivity contribution in [2.75, 3.05) is 19.0 Å². The summed E-state index contributed by atoms with van der Waals surface area (Å²) in [4.78, 5) is 16.5. The number of methoxy groups -OCH3 is 1. The van der Waals surface area contributed by atoms with Gasteiger partial charge in [0.05, 0.1) is 12.7 Å². The van der Waals surface area contributed by atoms with Crippen LogP contribution >= 0.6 is 11.3 Å². The zero-order valence-corrected chi connectivity index (χ0v) is 15.9. The molecule has 7 heteroatoms. The van der Waals surface area contributed by atoms with Gasteiger partial charge in [-0.25, -0.2) is 0 Å². The Morgan fingerprint density at radius 3 is 2.85 bits per heavy atom. The zero-order chi connectivity index (χ0) is 18.4. The molecule has 2 aromatic rings. The summed E-state index contributed by atoms with van der Waals surface area (Å²) in [7, 11) is 1.51. The Bertz CT molecular complexity index is 862.